The van der Waals surface area contributed by atoms with E-state index >= 15 is 0 Å². The highest BCUT2D eigenvalue weighted by atomic mass is 32.1. The van der Waals surface area contributed by atoms with E-state index in [0.717, 1.165) is 21.6 Å². The molecule has 130 valence electrons. The molecule has 25 heavy (non-hydrogen) atoms. The predicted molar refractivity (Wildman–Crippen MR) is 101 cm³/mol. The molecule has 0 aliphatic heterocycles. The average Bonchev–Trinajstić information content (AvgIpc) is 3.16. The number of hydrogen-bond donors (Lipinski definition) is 2. The highest BCUT2D eigenvalue weighted by Gasteiger charge is 2.10. The Balaban J connectivity index is 1.73. The van der Waals surface area contributed by atoms with E-state index in [-0.39, 0.29) is 5.91 Å². The van der Waals surface area contributed by atoms with Gasteiger partial charge in [-0.1, -0.05) is 18.2 Å². The number of carbonyl (C=O) groups is 1. The number of benzene rings is 1. The Morgan fingerprint density at radius 2 is 2.04 bits per heavy atom. The maximum Gasteiger partial charge on any atom is 0.221 e. The molecule has 3 rings (SSSR count). The minimum Gasteiger partial charge on any atom is -0.383 e. The standard InChI is InChI=1S/C18H20N4O2S/c1-24-11-10-19-16(23)8-9-20-17-13-5-2-3-6-14(13)21-18(22-17)15-7-4-12-25-15/h2-7,12H,8-11H2,1H3,(H,19,23)(H,20,21,22). The van der Waals surface area contributed by atoms with Gasteiger partial charge in [-0.2, -0.15) is 0 Å². The molecule has 7 heteroatoms. The van der Waals surface area contributed by atoms with E-state index in [1.165, 1.54) is 0 Å². The molecule has 1 amide bonds. The molecular weight excluding hydrogens is 336 g/mol. The zero-order chi connectivity index (χ0) is 17.5. The second-order valence-electron chi connectivity index (χ2n) is 5.41. The van der Waals surface area contributed by atoms with Crippen LogP contribution in [0.5, 0.6) is 0 Å². The normalized spacial score (nSPS) is 10.8. The number of nitrogens with zero attached hydrogens (tertiary/aromatic N) is 2. The van der Waals surface area contributed by atoms with Crippen molar-refractivity contribution in [3.05, 3.63) is 41.8 Å². The molecule has 0 atom stereocenters. The van der Waals surface area contributed by atoms with Crippen LogP contribution >= 0.6 is 11.3 Å². The van der Waals surface area contributed by atoms with Crippen LogP contribution in [0.4, 0.5) is 5.82 Å². The van der Waals surface area contributed by atoms with E-state index in [9.17, 15) is 4.79 Å². The Hall–Kier alpha value is -2.51. The maximum absolute atomic E-state index is 11.8. The highest BCUT2D eigenvalue weighted by Crippen LogP contribution is 2.27. The number of nitrogens with one attached hydrogen (secondary N) is 2. The first kappa shape index (κ1) is 17.3. The van der Waals surface area contributed by atoms with Crippen molar-refractivity contribution in [2.45, 2.75) is 6.42 Å². The molecule has 0 aliphatic carbocycles. The summed E-state index contributed by atoms with van der Waals surface area (Å²) < 4.78 is 4.92. The van der Waals surface area contributed by atoms with Crippen molar-refractivity contribution in [1.82, 2.24) is 15.3 Å². The number of rotatable bonds is 8. The molecule has 0 saturated heterocycles. The largest absolute Gasteiger partial charge is 0.383 e. The lowest BCUT2D eigenvalue weighted by Crippen LogP contribution is -2.28. The molecule has 2 heterocycles. The van der Waals surface area contributed by atoms with Crippen molar-refractivity contribution < 1.29 is 9.53 Å². The summed E-state index contributed by atoms with van der Waals surface area (Å²) in [6.07, 6.45) is 0.371. The summed E-state index contributed by atoms with van der Waals surface area (Å²) in [5, 5.41) is 9.03. The van der Waals surface area contributed by atoms with Crippen LogP contribution in [0.15, 0.2) is 41.8 Å². The van der Waals surface area contributed by atoms with Gasteiger partial charge in [0.15, 0.2) is 5.82 Å². The average molecular weight is 356 g/mol. The molecule has 0 radical (unpaired) electrons. The first-order chi connectivity index (χ1) is 12.3. The van der Waals surface area contributed by atoms with Gasteiger partial charge in [-0.05, 0) is 23.6 Å². The van der Waals surface area contributed by atoms with Gasteiger partial charge in [0.2, 0.25) is 5.91 Å². The van der Waals surface area contributed by atoms with Crippen molar-refractivity contribution >= 4 is 34.0 Å². The van der Waals surface area contributed by atoms with Crippen molar-refractivity contribution in [2.75, 3.05) is 32.1 Å². The summed E-state index contributed by atoms with van der Waals surface area (Å²) in [4.78, 5) is 22.1. The molecule has 2 N–H and O–H groups in total. The molecular formula is C18H20N4O2S. The Morgan fingerprint density at radius 3 is 2.84 bits per heavy atom. The molecule has 0 saturated carbocycles. The third kappa shape index (κ3) is 4.52. The summed E-state index contributed by atoms with van der Waals surface area (Å²) in [5.74, 6) is 1.43. The van der Waals surface area contributed by atoms with E-state index in [1.54, 1.807) is 18.4 Å². The summed E-state index contributed by atoms with van der Waals surface area (Å²) >= 11 is 1.60. The fourth-order valence-electron chi connectivity index (χ4n) is 2.40. The van der Waals surface area contributed by atoms with E-state index in [1.807, 2.05) is 41.8 Å². The number of para-hydroxylation sites is 1. The second kappa shape index (κ2) is 8.55. The van der Waals surface area contributed by atoms with Gasteiger partial charge in [0.25, 0.3) is 0 Å². The van der Waals surface area contributed by atoms with Crippen LogP contribution in [0.2, 0.25) is 0 Å². The predicted octanol–water partition coefficient (Wildman–Crippen LogP) is 2.92. The quantitative estimate of drug-likeness (QED) is 0.607. The Kier molecular flexibility index (Phi) is 5.92. The van der Waals surface area contributed by atoms with Gasteiger partial charge in [0.05, 0.1) is 17.0 Å². The van der Waals surface area contributed by atoms with Crippen LogP contribution in [-0.4, -0.2) is 42.7 Å². The van der Waals surface area contributed by atoms with Crippen molar-refractivity contribution in [3.8, 4) is 10.7 Å². The third-order valence-corrected chi connectivity index (χ3v) is 4.48. The monoisotopic (exact) mass is 356 g/mol. The van der Waals surface area contributed by atoms with E-state index in [4.69, 9.17) is 4.74 Å². The maximum atomic E-state index is 11.8. The van der Waals surface area contributed by atoms with Crippen molar-refractivity contribution in [1.29, 1.82) is 0 Å². The number of methoxy groups -OCH3 is 1. The van der Waals surface area contributed by atoms with Gasteiger partial charge in [0.1, 0.15) is 5.82 Å². The molecule has 6 nitrogen and oxygen atoms in total. The lowest BCUT2D eigenvalue weighted by molar-refractivity contribution is -0.121. The topological polar surface area (TPSA) is 76.1 Å². The number of ether oxygens (including phenoxy) is 1. The van der Waals surface area contributed by atoms with E-state index < -0.39 is 0 Å². The summed E-state index contributed by atoms with van der Waals surface area (Å²) in [7, 11) is 1.61. The molecule has 2 aromatic heterocycles. The Bertz CT molecular complexity index is 836. The third-order valence-electron chi connectivity index (χ3n) is 3.62. The lowest BCUT2D eigenvalue weighted by atomic mass is 10.2. The molecule has 0 aliphatic rings. The highest BCUT2D eigenvalue weighted by molar-refractivity contribution is 7.13. The van der Waals surface area contributed by atoms with Gasteiger partial charge in [-0.25, -0.2) is 9.97 Å². The number of aromatic nitrogens is 2. The minimum atomic E-state index is -0.0126. The van der Waals surface area contributed by atoms with E-state index in [0.29, 0.717) is 31.9 Å². The number of thiophene rings is 1. The summed E-state index contributed by atoms with van der Waals surface area (Å²) in [5.41, 5.74) is 0.882. The second-order valence-corrected chi connectivity index (χ2v) is 6.36. The van der Waals surface area contributed by atoms with Crippen LogP contribution in [-0.2, 0) is 9.53 Å². The van der Waals surface area contributed by atoms with Crippen LogP contribution in [0.1, 0.15) is 6.42 Å². The van der Waals surface area contributed by atoms with Gasteiger partial charge >= 0.3 is 0 Å². The van der Waals surface area contributed by atoms with Gasteiger partial charge in [0, 0.05) is 32.0 Å². The molecule has 0 fully saturated rings. The van der Waals surface area contributed by atoms with Crippen LogP contribution in [0, 0.1) is 0 Å². The molecule has 0 spiro atoms. The molecule has 0 bridgehead atoms. The Morgan fingerprint density at radius 1 is 1.16 bits per heavy atom. The van der Waals surface area contributed by atoms with Crippen LogP contribution < -0.4 is 10.6 Å². The molecule has 1 aromatic carbocycles. The first-order valence-electron chi connectivity index (χ1n) is 8.08. The number of fused-ring (bicyclic) bond motifs is 1. The van der Waals surface area contributed by atoms with Crippen molar-refractivity contribution in [3.63, 3.8) is 0 Å². The zero-order valence-electron chi connectivity index (χ0n) is 14.0. The molecule has 0 unspecified atom stereocenters. The number of carbonyl (C=O) groups excluding carboxylic acids is 1. The minimum absolute atomic E-state index is 0.0126. The Labute approximate surface area is 150 Å². The number of amides is 1. The summed E-state index contributed by atoms with van der Waals surface area (Å²) in [6, 6.07) is 11.8. The van der Waals surface area contributed by atoms with Gasteiger partial charge in [-0.3, -0.25) is 4.79 Å². The lowest BCUT2D eigenvalue weighted by Gasteiger charge is -2.10. The summed E-state index contributed by atoms with van der Waals surface area (Å²) in [6.45, 7) is 1.54. The number of anilines is 1. The first-order valence-corrected chi connectivity index (χ1v) is 8.96. The molecule has 3 aromatic rings. The van der Waals surface area contributed by atoms with E-state index in [2.05, 4.69) is 20.6 Å². The van der Waals surface area contributed by atoms with Crippen LogP contribution in [0.3, 0.4) is 0 Å². The fraction of sp³-hybridized carbons (Fsp3) is 0.278. The smallest absolute Gasteiger partial charge is 0.221 e. The number of hydrogen-bond acceptors (Lipinski definition) is 6. The van der Waals surface area contributed by atoms with Gasteiger partial charge < -0.3 is 15.4 Å². The van der Waals surface area contributed by atoms with Crippen molar-refractivity contribution in [2.24, 2.45) is 0 Å². The fourth-order valence-corrected chi connectivity index (χ4v) is 3.06. The van der Waals surface area contributed by atoms with Crippen LogP contribution in [0.25, 0.3) is 21.6 Å². The zero-order valence-corrected chi connectivity index (χ0v) is 14.8. The van der Waals surface area contributed by atoms with Gasteiger partial charge in [-0.15, -0.1) is 11.3 Å². The SMILES string of the molecule is COCCNC(=O)CCNc1nc(-c2cccs2)nc2ccccc12.